The van der Waals surface area contributed by atoms with E-state index in [9.17, 15) is 5.11 Å². The highest BCUT2D eigenvalue weighted by atomic mass is 79.9. The molecule has 0 aliphatic heterocycles. The van der Waals surface area contributed by atoms with Crippen molar-refractivity contribution < 1.29 is 10.2 Å². The first kappa shape index (κ1) is 10.8. The maximum atomic E-state index is 9.97. The van der Waals surface area contributed by atoms with Gasteiger partial charge in [-0.05, 0) is 19.8 Å². The van der Waals surface area contributed by atoms with Gasteiger partial charge in [0.2, 0.25) is 0 Å². The maximum Gasteiger partial charge on any atom is 0.111 e. The lowest BCUT2D eigenvalue weighted by molar-refractivity contribution is 0.0936. The summed E-state index contributed by atoms with van der Waals surface area (Å²) < 4.78 is 0.819. The third-order valence-corrected chi connectivity index (χ3v) is 3.08. The minimum Gasteiger partial charge on any atom is -0.384 e. The van der Waals surface area contributed by atoms with Gasteiger partial charge in [0.05, 0.1) is 0 Å². The molecule has 3 heteroatoms. The maximum absolute atomic E-state index is 9.97. The summed E-state index contributed by atoms with van der Waals surface area (Å²) in [6.07, 6.45) is 3.32. The second-order valence-electron chi connectivity index (χ2n) is 3.30. The van der Waals surface area contributed by atoms with E-state index in [2.05, 4.69) is 27.8 Å². The van der Waals surface area contributed by atoms with E-state index in [-0.39, 0.29) is 0 Å². The largest absolute Gasteiger partial charge is 0.384 e. The Morgan fingerprint density at radius 1 is 1.77 bits per heavy atom. The van der Waals surface area contributed by atoms with Crippen molar-refractivity contribution in [2.24, 2.45) is 0 Å². The molecule has 0 aromatic rings. The van der Waals surface area contributed by atoms with Gasteiger partial charge < -0.3 is 10.2 Å². The Bertz CT molecular complexity index is 272. The van der Waals surface area contributed by atoms with Crippen molar-refractivity contribution in [3.05, 3.63) is 10.6 Å². The first-order chi connectivity index (χ1) is 6.04. The summed E-state index contributed by atoms with van der Waals surface area (Å²) in [4.78, 5) is 0. The van der Waals surface area contributed by atoms with E-state index >= 15 is 0 Å². The van der Waals surface area contributed by atoms with Crippen LogP contribution in [0.15, 0.2) is 10.6 Å². The van der Waals surface area contributed by atoms with Gasteiger partial charge in [-0.3, -0.25) is 0 Å². The van der Waals surface area contributed by atoms with Crippen LogP contribution in [-0.4, -0.2) is 21.9 Å². The van der Waals surface area contributed by atoms with E-state index in [1.165, 1.54) is 0 Å². The van der Waals surface area contributed by atoms with Crippen LogP contribution in [0, 0.1) is 11.8 Å². The van der Waals surface area contributed by atoms with Crippen LogP contribution >= 0.6 is 15.9 Å². The van der Waals surface area contributed by atoms with E-state index in [1.807, 2.05) is 6.08 Å². The molecule has 2 atom stereocenters. The van der Waals surface area contributed by atoms with Crippen molar-refractivity contribution in [1.82, 2.24) is 0 Å². The SMILES string of the molecule is CC(O)C#CCC1(O)CCC=C1Br. The van der Waals surface area contributed by atoms with Crippen LogP contribution in [0.3, 0.4) is 0 Å². The van der Waals surface area contributed by atoms with Gasteiger partial charge >= 0.3 is 0 Å². The lowest BCUT2D eigenvalue weighted by Gasteiger charge is -2.20. The Morgan fingerprint density at radius 2 is 2.46 bits per heavy atom. The first-order valence-corrected chi connectivity index (χ1v) is 5.09. The Kier molecular flexibility index (Phi) is 3.55. The highest BCUT2D eigenvalue weighted by Gasteiger charge is 2.32. The molecule has 0 aromatic heterocycles. The fourth-order valence-corrected chi connectivity index (χ4v) is 1.83. The van der Waals surface area contributed by atoms with Crippen molar-refractivity contribution >= 4 is 15.9 Å². The molecule has 2 N–H and O–H groups in total. The van der Waals surface area contributed by atoms with E-state index in [4.69, 9.17) is 5.11 Å². The van der Waals surface area contributed by atoms with Gasteiger partial charge in [0.25, 0.3) is 0 Å². The van der Waals surface area contributed by atoms with Crippen molar-refractivity contribution in [2.45, 2.75) is 37.9 Å². The van der Waals surface area contributed by atoms with E-state index < -0.39 is 11.7 Å². The molecule has 2 unspecified atom stereocenters. The molecule has 0 saturated heterocycles. The molecular weight excluding hydrogens is 232 g/mol. The topological polar surface area (TPSA) is 40.5 Å². The van der Waals surface area contributed by atoms with E-state index in [0.29, 0.717) is 12.8 Å². The lowest BCUT2D eigenvalue weighted by Crippen LogP contribution is -2.24. The Balaban J connectivity index is 2.55. The first-order valence-electron chi connectivity index (χ1n) is 4.29. The molecular formula is C10H13BrO2. The highest BCUT2D eigenvalue weighted by molar-refractivity contribution is 9.11. The fraction of sp³-hybridized carbons (Fsp3) is 0.600. The lowest BCUT2D eigenvalue weighted by atomic mass is 10.00. The van der Waals surface area contributed by atoms with Crippen molar-refractivity contribution in [3.63, 3.8) is 0 Å². The number of aliphatic hydroxyl groups is 2. The van der Waals surface area contributed by atoms with Gasteiger partial charge in [-0.1, -0.05) is 33.8 Å². The van der Waals surface area contributed by atoms with E-state index in [1.54, 1.807) is 6.92 Å². The van der Waals surface area contributed by atoms with Crippen molar-refractivity contribution in [1.29, 1.82) is 0 Å². The number of hydrogen-bond acceptors (Lipinski definition) is 2. The van der Waals surface area contributed by atoms with Gasteiger partial charge in [0.15, 0.2) is 0 Å². The molecule has 0 radical (unpaired) electrons. The monoisotopic (exact) mass is 244 g/mol. The van der Waals surface area contributed by atoms with Crippen LogP contribution in [0.4, 0.5) is 0 Å². The second kappa shape index (κ2) is 4.28. The molecule has 72 valence electrons. The predicted octanol–water partition coefficient (Wildman–Crippen LogP) is 1.56. The smallest absolute Gasteiger partial charge is 0.111 e. The van der Waals surface area contributed by atoms with Gasteiger partial charge in [-0.2, -0.15) is 0 Å². The summed E-state index contributed by atoms with van der Waals surface area (Å²) in [5, 5.41) is 18.9. The number of rotatable bonds is 1. The van der Waals surface area contributed by atoms with Crippen LogP contribution in [-0.2, 0) is 0 Å². The number of aliphatic hydroxyl groups excluding tert-OH is 1. The van der Waals surface area contributed by atoms with Gasteiger partial charge in [0.1, 0.15) is 11.7 Å². The number of allylic oxidation sites excluding steroid dienone is 1. The fourth-order valence-electron chi connectivity index (χ4n) is 1.26. The Labute approximate surface area is 86.8 Å². The molecule has 0 heterocycles. The normalized spacial score (nSPS) is 29.1. The van der Waals surface area contributed by atoms with Crippen LogP contribution in [0.5, 0.6) is 0 Å². The van der Waals surface area contributed by atoms with Crippen LogP contribution in [0.1, 0.15) is 26.2 Å². The molecule has 2 nitrogen and oxygen atoms in total. The van der Waals surface area contributed by atoms with Crippen molar-refractivity contribution in [2.75, 3.05) is 0 Å². The van der Waals surface area contributed by atoms with Crippen LogP contribution in [0.25, 0.3) is 0 Å². The van der Waals surface area contributed by atoms with Gasteiger partial charge in [-0.15, -0.1) is 0 Å². The van der Waals surface area contributed by atoms with Crippen LogP contribution in [0.2, 0.25) is 0 Å². The molecule has 1 aliphatic carbocycles. The predicted molar refractivity (Wildman–Crippen MR) is 55.3 cm³/mol. The molecule has 1 rings (SSSR count). The standard InChI is InChI=1S/C10H13BrO2/c1-8(12)4-2-6-10(13)7-3-5-9(10)11/h5,8,12-13H,3,6-7H2,1H3. The zero-order valence-electron chi connectivity index (χ0n) is 7.55. The minimum absolute atomic E-state index is 0.384. The quantitative estimate of drug-likeness (QED) is 0.688. The van der Waals surface area contributed by atoms with Gasteiger partial charge in [0, 0.05) is 10.9 Å². The molecule has 0 fully saturated rings. The van der Waals surface area contributed by atoms with E-state index in [0.717, 1.165) is 10.9 Å². The zero-order chi connectivity index (χ0) is 9.90. The van der Waals surface area contributed by atoms with Crippen LogP contribution < -0.4 is 0 Å². The molecule has 1 aliphatic rings. The number of hydrogen-bond donors (Lipinski definition) is 2. The molecule has 13 heavy (non-hydrogen) atoms. The molecule has 0 aromatic carbocycles. The summed E-state index contributed by atoms with van der Waals surface area (Å²) in [7, 11) is 0. The second-order valence-corrected chi connectivity index (χ2v) is 4.15. The third-order valence-electron chi connectivity index (χ3n) is 2.02. The summed E-state index contributed by atoms with van der Waals surface area (Å²) in [6.45, 7) is 1.61. The Morgan fingerprint density at radius 3 is 2.92 bits per heavy atom. The average Bonchev–Trinajstić information content (AvgIpc) is 2.32. The summed E-state index contributed by atoms with van der Waals surface area (Å²) in [5.74, 6) is 5.39. The third kappa shape index (κ3) is 2.84. The molecule has 0 spiro atoms. The van der Waals surface area contributed by atoms with Crippen molar-refractivity contribution in [3.8, 4) is 11.8 Å². The average molecular weight is 245 g/mol. The summed E-state index contributed by atoms with van der Waals surface area (Å²) in [5.41, 5.74) is -0.818. The summed E-state index contributed by atoms with van der Waals surface area (Å²) in [6, 6.07) is 0. The molecule has 0 amide bonds. The van der Waals surface area contributed by atoms with Gasteiger partial charge in [-0.25, -0.2) is 0 Å². The summed E-state index contributed by atoms with van der Waals surface area (Å²) >= 11 is 3.31. The highest BCUT2D eigenvalue weighted by Crippen LogP contribution is 2.36. The molecule has 0 saturated carbocycles. The zero-order valence-corrected chi connectivity index (χ0v) is 9.13. The number of halogens is 1. The minimum atomic E-state index is -0.818. The Hall–Kier alpha value is -0.300. The molecule has 0 bridgehead atoms.